The van der Waals surface area contributed by atoms with Crippen LogP contribution >= 0.6 is 11.6 Å². The van der Waals surface area contributed by atoms with Crippen LogP contribution < -0.4 is 5.32 Å². The fourth-order valence-electron chi connectivity index (χ4n) is 2.53. The minimum Gasteiger partial charge on any atom is -0.355 e. The van der Waals surface area contributed by atoms with Gasteiger partial charge in [-0.25, -0.2) is 8.42 Å². The molecule has 0 saturated carbocycles. The Bertz CT molecular complexity index is 653. The largest absolute Gasteiger partial charge is 0.355 e. The Hall–Kier alpha value is -1.44. The van der Waals surface area contributed by atoms with Crippen molar-refractivity contribution < 1.29 is 18.0 Å². The molecule has 1 aliphatic heterocycles. The normalized spacial score (nSPS) is 16.9. The topological polar surface area (TPSA) is 83.6 Å². The zero-order valence-corrected chi connectivity index (χ0v) is 14.1. The standard InChI is InChI=1S/C15H19ClN2O4S/c16-9-15(20)17-10-12-5-7-18(8-6-12)23(21,22)14-3-1-13(11-19)2-4-14/h1-4,11-12H,5-10H2,(H,17,20). The van der Waals surface area contributed by atoms with Crippen LogP contribution in [0.5, 0.6) is 0 Å². The van der Waals surface area contributed by atoms with Crippen molar-refractivity contribution >= 4 is 33.8 Å². The maximum atomic E-state index is 12.6. The quantitative estimate of drug-likeness (QED) is 0.613. The van der Waals surface area contributed by atoms with E-state index in [0.29, 0.717) is 44.3 Å². The van der Waals surface area contributed by atoms with Gasteiger partial charge in [-0.15, -0.1) is 11.6 Å². The zero-order valence-electron chi connectivity index (χ0n) is 12.6. The minimum atomic E-state index is -3.54. The molecule has 0 spiro atoms. The summed E-state index contributed by atoms with van der Waals surface area (Å²) in [6.07, 6.45) is 2.06. The van der Waals surface area contributed by atoms with Gasteiger partial charge in [0.1, 0.15) is 12.2 Å². The molecular formula is C15H19ClN2O4S. The van der Waals surface area contributed by atoms with Gasteiger partial charge in [0.15, 0.2) is 0 Å². The Morgan fingerprint density at radius 1 is 1.26 bits per heavy atom. The summed E-state index contributed by atoms with van der Waals surface area (Å²) in [5, 5.41) is 2.73. The molecule has 1 aliphatic rings. The molecule has 0 aliphatic carbocycles. The van der Waals surface area contributed by atoms with Gasteiger partial charge < -0.3 is 5.32 Å². The van der Waals surface area contributed by atoms with Crippen molar-refractivity contribution in [1.82, 2.24) is 9.62 Å². The molecule has 1 aromatic carbocycles. The second kappa shape index (κ2) is 7.90. The van der Waals surface area contributed by atoms with Crippen LogP contribution in [0.3, 0.4) is 0 Å². The number of nitrogens with zero attached hydrogens (tertiary/aromatic N) is 1. The van der Waals surface area contributed by atoms with Gasteiger partial charge in [0.2, 0.25) is 15.9 Å². The summed E-state index contributed by atoms with van der Waals surface area (Å²) in [7, 11) is -3.54. The Labute approximate surface area is 140 Å². The SMILES string of the molecule is O=Cc1ccc(S(=O)(=O)N2CCC(CNC(=O)CCl)CC2)cc1. The highest BCUT2D eigenvalue weighted by Gasteiger charge is 2.29. The number of carbonyl (C=O) groups excluding carboxylic acids is 2. The van der Waals surface area contributed by atoms with Crippen LogP contribution in [0.25, 0.3) is 0 Å². The number of carbonyl (C=O) groups is 2. The van der Waals surface area contributed by atoms with Crippen LogP contribution in [0.15, 0.2) is 29.2 Å². The second-order valence-electron chi connectivity index (χ2n) is 5.47. The molecule has 0 aromatic heterocycles. The van der Waals surface area contributed by atoms with Crippen molar-refractivity contribution in [1.29, 1.82) is 0 Å². The number of nitrogens with one attached hydrogen (secondary N) is 1. The summed E-state index contributed by atoms with van der Waals surface area (Å²) in [6, 6.07) is 5.89. The first kappa shape index (κ1) is 17.9. The third-order valence-corrected chi connectivity index (χ3v) is 6.09. The third kappa shape index (κ3) is 4.53. The molecule has 1 saturated heterocycles. The Morgan fingerprint density at radius 2 is 1.87 bits per heavy atom. The van der Waals surface area contributed by atoms with Gasteiger partial charge in [0, 0.05) is 25.2 Å². The number of piperidine rings is 1. The van der Waals surface area contributed by atoms with Crippen LogP contribution in [0, 0.1) is 5.92 Å². The molecule has 0 atom stereocenters. The van der Waals surface area contributed by atoms with E-state index in [1.807, 2.05) is 0 Å². The average molecular weight is 359 g/mol. The van der Waals surface area contributed by atoms with Crippen molar-refractivity contribution in [2.45, 2.75) is 17.7 Å². The van der Waals surface area contributed by atoms with Crippen molar-refractivity contribution in [2.75, 3.05) is 25.5 Å². The highest BCUT2D eigenvalue weighted by atomic mass is 35.5. The monoisotopic (exact) mass is 358 g/mol. The summed E-state index contributed by atoms with van der Waals surface area (Å²) in [6.45, 7) is 1.35. The Morgan fingerprint density at radius 3 is 2.39 bits per heavy atom. The van der Waals surface area contributed by atoms with Crippen molar-refractivity contribution in [3.8, 4) is 0 Å². The molecule has 1 fully saturated rings. The Balaban J connectivity index is 1.95. The van der Waals surface area contributed by atoms with E-state index >= 15 is 0 Å². The van der Waals surface area contributed by atoms with Gasteiger partial charge in [-0.05, 0) is 30.9 Å². The number of aldehydes is 1. The molecule has 8 heteroatoms. The molecule has 1 N–H and O–H groups in total. The van der Waals surface area contributed by atoms with Gasteiger partial charge in [0.05, 0.1) is 4.90 Å². The van der Waals surface area contributed by atoms with Crippen LogP contribution in [0.1, 0.15) is 23.2 Å². The molecule has 0 radical (unpaired) electrons. The molecule has 126 valence electrons. The first-order valence-corrected chi connectivity index (χ1v) is 9.33. The maximum absolute atomic E-state index is 12.6. The van der Waals surface area contributed by atoms with Crippen LogP contribution in [-0.4, -0.2) is 50.4 Å². The molecule has 2 rings (SSSR count). The summed E-state index contributed by atoms with van der Waals surface area (Å²) in [5.41, 5.74) is 0.442. The van der Waals surface area contributed by atoms with Crippen LogP contribution in [-0.2, 0) is 14.8 Å². The lowest BCUT2D eigenvalue weighted by Gasteiger charge is -2.31. The van der Waals surface area contributed by atoms with Gasteiger partial charge >= 0.3 is 0 Å². The molecule has 1 aromatic rings. The number of rotatable bonds is 6. The van der Waals surface area contributed by atoms with Gasteiger partial charge in [-0.1, -0.05) is 12.1 Å². The van der Waals surface area contributed by atoms with E-state index in [1.54, 1.807) is 0 Å². The first-order chi connectivity index (χ1) is 11.0. The summed E-state index contributed by atoms with van der Waals surface area (Å²) < 4.78 is 26.6. The lowest BCUT2D eigenvalue weighted by molar-refractivity contribution is -0.118. The number of alkyl halides is 1. The molecular weight excluding hydrogens is 340 g/mol. The van der Waals surface area contributed by atoms with E-state index in [2.05, 4.69) is 5.32 Å². The second-order valence-corrected chi connectivity index (χ2v) is 7.68. The van der Waals surface area contributed by atoms with E-state index in [9.17, 15) is 18.0 Å². The number of hydrogen-bond acceptors (Lipinski definition) is 4. The predicted molar refractivity (Wildman–Crippen MR) is 87.0 cm³/mol. The number of halogens is 1. The minimum absolute atomic E-state index is 0.0655. The van der Waals surface area contributed by atoms with Crippen molar-refractivity contribution in [3.63, 3.8) is 0 Å². The lowest BCUT2D eigenvalue weighted by Crippen LogP contribution is -2.41. The zero-order chi connectivity index (χ0) is 16.9. The number of amides is 1. The molecule has 6 nitrogen and oxygen atoms in total. The molecule has 1 amide bonds. The fraction of sp³-hybridized carbons (Fsp3) is 0.467. The van der Waals surface area contributed by atoms with E-state index in [0.717, 1.165) is 0 Å². The van der Waals surface area contributed by atoms with Gasteiger partial charge in [-0.2, -0.15) is 4.31 Å². The maximum Gasteiger partial charge on any atom is 0.243 e. The average Bonchev–Trinajstić information content (AvgIpc) is 2.60. The van der Waals surface area contributed by atoms with E-state index in [-0.39, 0.29) is 22.6 Å². The summed E-state index contributed by atoms with van der Waals surface area (Å²) >= 11 is 5.42. The Kier molecular flexibility index (Phi) is 6.15. The predicted octanol–water partition coefficient (Wildman–Crippen LogP) is 1.25. The van der Waals surface area contributed by atoms with Crippen LogP contribution in [0.2, 0.25) is 0 Å². The number of sulfonamides is 1. The van der Waals surface area contributed by atoms with E-state index < -0.39 is 10.0 Å². The molecule has 23 heavy (non-hydrogen) atoms. The van der Waals surface area contributed by atoms with E-state index in [1.165, 1.54) is 28.6 Å². The van der Waals surface area contributed by atoms with Gasteiger partial charge in [-0.3, -0.25) is 9.59 Å². The third-order valence-electron chi connectivity index (χ3n) is 3.94. The molecule has 0 unspecified atom stereocenters. The number of hydrogen-bond donors (Lipinski definition) is 1. The van der Waals surface area contributed by atoms with Crippen molar-refractivity contribution in [2.24, 2.45) is 5.92 Å². The highest BCUT2D eigenvalue weighted by molar-refractivity contribution is 7.89. The van der Waals surface area contributed by atoms with E-state index in [4.69, 9.17) is 11.6 Å². The summed E-state index contributed by atoms with van der Waals surface area (Å²) in [4.78, 5) is 22.0. The number of benzene rings is 1. The lowest BCUT2D eigenvalue weighted by atomic mass is 9.98. The fourth-order valence-corrected chi connectivity index (χ4v) is 4.09. The first-order valence-electron chi connectivity index (χ1n) is 7.35. The highest BCUT2D eigenvalue weighted by Crippen LogP contribution is 2.23. The summed E-state index contributed by atoms with van der Waals surface area (Å²) in [5.74, 6) is -0.0210. The molecule has 1 heterocycles. The smallest absolute Gasteiger partial charge is 0.243 e. The van der Waals surface area contributed by atoms with Crippen molar-refractivity contribution in [3.05, 3.63) is 29.8 Å². The van der Waals surface area contributed by atoms with Crippen LogP contribution in [0.4, 0.5) is 0 Å². The van der Waals surface area contributed by atoms with Gasteiger partial charge in [0.25, 0.3) is 0 Å². The molecule has 0 bridgehead atoms.